The fourth-order valence-electron chi connectivity index (χ4n) is 2.35. The van der Waals surface area contributed by atoms with Crippen LogP contribution in [-0.4, -0.2) is 27.1 Å². The Hall–Kier alpha value is -2.05. The number of benzene rings is 2. The predicted octanol–water partition coefficient (Wildman–Crippen LogP) is 3.42. The van der Waals surface area contributed by atoms with Crippen LogP contribution in [0.4, 0.5) is 5.69 Å². The first-order valence-electron chi connectivity index (χ1n) is 7.69. The standard InChI is InChI=1S/C18H21ClN2O3S/c1-18(2,14-7-5-8-15(19)11-14)12-20-17(22)13-6-4-9-16(10-13)21-25(3,23)24/h4-11,21H,12H2,1-3H3,(H,20,22). The molecule has 7 heteroatoms. The average Bonchev–Trinajstić information content (AvgIpc) is 2.51. The number of halogens is 1. The smallest absolute Gasteiger partial charge is 0.251 e. The Morgan fingerprint density at radius 1 is 1.12 bits per heavy atom. The molecule has 0 heterocycles. The lowest BCUT2D eigenvalue weighted by Crippen LogP contribution is -2.36. The lowest BCUT2D eigenvalue weighted by atomic mass is 9.84. The first-order chi connectivity index (χ1) is 11.6. The highest BCUT2D eigenvalue weighted by Crippen LogP contribution is 2.25. The fraction of sp³-hybridized carbons (Fsp3) is 0.278. The zero-order valence-electron chi connectivity index (χ0n) is 14.3. The second-order valence-corrected chi connectivity index (χ2v) is 8.72. The molecular formula is C18H21ClN2O3S. The number of anilines is 1. The van der Waals surface area contributed by atoms with E-state index in [9.17, 15) is 13.2 Å². The number of hydrogen-bond acceptors (Lipinski definition) is 3. The molecule has 5 nitrogen and oxygen atoms in total. The minimum atomic E-state index is -3.39. The van der Waals surface area contributed by atoms with Gasteiger partial charge in [-0.15, -0.1) is 0 Å². The zero-order chi connectivity index (χ0) is 18.7. The highest BCUT2D eigenvalue weighted by atomic mass is 35.5. The van der Waals surface area contributed by atoms with Gasteiger partial charge in [-0.25, -0.2) is 8.42 Å². The van der Waals surface area contributed by atoms with Crippen molar-refractivity contribution in [2.75, 3.05) is 17.5 Å². The third-order valence-corrected chi connectivity index (χ3v) is 4.57. The molecule has 0 aliphatic carbocycles. The first kappa shape index (κ1) is 19.3. The van der Waals surface area contributed by atoms with E-state index in [-0.39, 0.29) is 11.3 Å². The van der Waals surface area contributed by atoms with Gasteiger partial charge in [0.05, 0.1) is 6.26 Å². The van der Waals surface area contributed by atoms with Crippen LogP contribution >= 0.6 is 11.6 Å². The summed E-state index contributed by atoms with van der Waals surface area (Å²) in [6.07, 6.45) is 1.06. The van der Waals surface area contributed by atoms with E-state index in [1.807, 2.05) is 32.0 Å². The van der Waals surface area contributed by atoms with Gasteiger partial charge in [0.25, 0.3) is 5.91 Å². The van der Waals surface area contributed by atoms with Crippen molar-refractivity contribution in [1.82, 2.24) is 5.32 Å². The molecule has 0 aromatic heterocycles. The number of amides is 1. The van der Waals surface area contributed by atoms with Crippen LogP contribution in [0.25, 0.3) is 0 Å². The van der Waals surface area contributed by atoms with Crippen molar-refractivity contribution in [3.8, 4) is 0 Å². The van der Waals surface area contributed by atoms with Gasteiger partial charge in [-0.1, -0.05) is 43.6 Å². The average molecular weight is 381 g/mol. The molecule has 0 aliphatic rings. The molecule has 25 heavy (non-hydrogen) atoms. The molecule has 0 spiro atoms. The van der Waals surface area contributed by atoms with E-state index in [1.54, 1.807) is 24.3 Å². The molecule has 2 N–H and O–H groups in total. The van der Waals surface area contributed by atoms with Gasteiger partial charge in [0.2, 0.25) is 10.0 Å². The van der Waals surface area contributed by atoms with Crippen molar-refractivity contribution in [1.29, 1.82) is 0 Å². The molecule has 1 amide bonds. The number of carbonyl (C=O) groups is 1. The van der Waals surface area contributed by atoms with Crippen LogP contribution in [0.2, 0.25) is 5.02 Å². The maximum atomic E-state index is 12.4. The fourth-order valence-corrected chi connectivity index (χ4v) is 3.10. The predicted molar refractivity (Wildman–Crippen MR) is 102 cm³/mol. The summed E-state index contributed by atoms with van der Waals surface area (Å²) in [5, 5.41) is 3.54. The van der Waals surface area contributed by atoms with Gasteiger partial charge in [0.1, 0.15) is 0 Å². The van der Waals surface area contributed by atoms with E-state index in [1.165, 1.54) is 6.07 Å². The van der Waals surface area contributed by atoms with Crippen LogP contribution in [0, 0.1) is 0 Å². The molecular weight excluding hydrogens is 360 g/mol. The third-order valence-electron chi connectivity index (χ3n) is 3.72. The lowest BCUT2D eigenvalue weighted by Gasteiger charge is -2.26. The second kappa shape index (κ2) is 7.45. The van der Waals surface area contributed by atoms with Gasteiger partial charge < -0.3 is 5.32 Å². The molecule has 0 saturated heterocycles. The van der Waals surface area contributed by atoms with Crippen LogP contribution < -0.4 is 10.0 Å². The number of sulfonamides is 1. The number of nitrogens with one attached hydrogen (secondary N) is 2. The van der Waals surface area contributed by atoms with Gasteiger partial charge in [-0.05, 0) is 35.9 Å². The molecule has 0 radical (unpaired) electrons. The van der Waals surface area contributed by atoms with Crippen molar-refractivity contribution in [2.24, 2.45) is 0 Å². The quantitative estimate of drug-likeness (QED) is 0.806. The Morgan fingerprint density at radius 3 is 2.44 bits per heavy atom. The van der Waals surface area contributed by atoms with E-state index in [2.05, 4.69) is 10.0 Å². The van der Waals surface area contributed by atoms with Gasteiger partial charge in [-0.2, -0.15) is 0 Å². The van der Waals surface area contributed by atoms with Crippen molar-refractivity contribution in [2.45, 2.75) is 19.3 Å². The SMILES string of the molecule is CC(C)(CNC(=O)c1cccc(NS(C)(=O)=O)c1)c1cccc(Cl)c1. The van der Waals surface area contributed by atoms with E-state index in [0.717, 1.165) is 11.8 Å². The van der Waals surface area contributed by atoms with Crippen molar-refractivity contribution >= 4 is 33.2 Å². The van der Waals surface area contributed by atoms with Crippen LogP contribution in [0.5, 0.6) is 0 Å². The molecule has 0 unspecified atom stereocenters. The Bertz CT molecular complexity index is 879. The molecule has 0 fully saturated rings. The summed E-state index contributed by atoms with van der Waals surface area (Å²) in [6, 6.07) is 13.9. The Morgan fingerprint density at radius 2 is 1.80 bits per heavy atom. The highest BCUT2D eigenvalue weighted by Gasteiger charge is 2.22. The summed E-state index contributed by atoms with van der Waals surface area (Å²) in [6.45, 7) is 4.44. The molecule has 0 bridgehead atoms. The van der Waals surface area contributed by atoms with Crippen molar-refractivity contribution in [3.05, 3.63) is 64.7 Å². The van der Waals surface area contributed by atoms with E-state index >= 15 is 0 Å². The second-order valence-electron chi connectivity index (χ2n) is 6.53. The highest BCUT2D eigenvalue weighted by molar-refractivity contribution is 7.92. The number of hydrogen-bond donors (Lipinski definition) is 2. The molecule has 0 atom stereocenters. The lowest BCUT2D eigenvalue weighted by molar-refractivity contribution is 0.0945. The molecule has 2 aromatic carbocycles. The topological polar surface area (TPSA) is 75.3 Å². The van der Waals surface area contributed by atoms with Crippen LogP contribution in [0.15, 0.2) is 48.5 Å². The van der Waals surface area contributed by atoms with E-state index in [0.29, 0.717) is 22.8 Å². The largest absolute Gasteiger partial charge is 0.351 e. The molecule has 0 aliphatic heterocycles. The summed E-state index contributed by atoms with van der Waals surface area (Å²) in [5.74, 6) is -0.271. The molecule has 2 rings (SSSR count). The Balaban J connectivity index is 2.08. The van der Waals surface area contributed by atoms with Crippen molar-refractivity contribution < 1.29 is 13.2 Å². The van der Waals surface area contributed by atoms with E-state index in [4.69, 9.17) is 11.6 Å². The van der Waals surface area contributed by atoms with Gasteiger partial charge in [0, 0.05) is 28.2 Å². The maximum Gasteiger partial charge on any atom is 0.251 e. The minimum absolute atomic E-state index is 0.271. The van der Waals surface area contributed by atoms with Crippen LogP contribution in [-0.2, 0) is 15.4 Å². The maximum absolute atomic E-state index is 12.4. The van der Waals surface area contributed by atoms with Crippen molar-refractivity contribution in [3.63, 3.8) is 0 Å². The van der Waals surface area contributed by atoms with Crippen LogP contribution in [0.1, 0.15) is 29.8 Å². The van der Waals surface area contributed by atoms with Gasteiger partial charge >= 0.3 is 0 Å². The summed E-state index contributed by atoms with van der Waals surface area (Å²) in [5.41, 5.74) is 1.45. The Kier molecular flexibility index (Phi) is 5.75. The first-order valence-corrected chi connectivity index (χ1v) is 9.96. The number of rotatable bonds is 6. The molecule has 2 aromatic rings. The van der Waals surface area contributed by atoms with Gasteiger partial charge in [0.15, 0.2) is 0 Å². The monoisotopic (exact) mass is 380 g/mol. The summed E-state index contributed by atoms with van der Waals surface area (Å²) in [7, 11) is -3.39. The molecule has 0 saturated carbocycles. The number of carbonyl (C=O) groups excluding carboxylic acids is 1. The normalized spacial score (nSPS) is 11.8. The third kappa shape index (κ3) is 5.76. The molecule has 134 valence electrons. The summed E-state index contributed by atoms with van der Waals surface area (Å²) in [4.78, 5) is 12.4. The minimum Gasteiger partial charge on any atom is -0.351 e. The summed E-state index contributed by atoms with van der Waals surface area (Å²) >= 11 is 6.04. The Labute approximate surface area is 153 Å². The zero-order valence-corrected chi connectivity index (χ0v) is 15.9. The summed E-state index contributed by atoms with van der Waals surface area (Å²) < 4.78 is 25.0. The van der Waals surface area contributed by atoms with Gasteiger partial charge in [-0.3, -0.25) is 9.52 Å². The van der Waals surface area contributed by atoms with Crippen LogP contribution in [0.3, 0.4) is 0 Å². The van der Waals surface area contributed by atoms with E-state index < -0.39 is 10.0 Å².